The standard InChI is InChI=1S/C7H7F3N2O.2ClH/c8-7(9,10)13-6-2-1-5(3-11)4-12-6;;/h1-2,4H,3,11H2;2*1H. The average Bonchev–Trinajstić information content (AvgIpc) is 2.03. The average molecular weight is 265 g/mol. The first kappa shape index (κ1) is 16.7. The minimum atomic E-state index is -4.70. The maximum Gasteiger partial charge on any atom is 0.574 e. The van der Waals surface area contributed by atoms with Gasteiger partial charge in [-0.3, -0.25) is 0 Å². The van der Waals surface area contributed by atoms with E-state index in [2.05, 4.69) is 9.72 Å². The fraction of sp³-hybridized carbons (Fsp3) is 0.286. The maximum absolute atomic E-state index is 11.6. The highest BCUT2D eigenvalue weighted by molar-refractivity contribution is 5.85. The van der Waals surface area contributed by atoms with Crippen LogP contribution in [0.3, 0.4) is 0 Å². The molecule has 8 heteroatoms. The Bertz CT molecular complexity index is 279. The summed E-state index contributed by atoms with van der Waals surface area (Å²) < 4.78 is 38.5. The van der Waals surface area contributed by atoms with E-state index in [-0.39, 0.29) is 31.4 Å². The molecule has 0 saturated heterocycles. The van der Waals surface area contributed by atoms with E-state index in [0.717, 1.165) is 6.07 Å². The van der Waals surface area contributed by atoms with Crippen LogP contribution >= 0.6 is 24.8 Å². The maximum atomic E-state index is 11.6. The van der Waals surface area contributed by atoms with Gasteiger partial charge >= 0.3 is 6.36 Å². The van der Waals surface area contributed by atoms with Crippen LogP contribution in [0, 0.1) is 0 Å². The first-order valence-electron chi connectivity index (χ1n) is 3.42. The normalized spacial score (nSPS) is 9.87. The van der Waals surface area contributed by atoms with Crippen LogP contribution in [0.4, 0.5) is 13.2 Å². The molecule has 0 spiro atoms. The van der Waals surface area contributed by atoms with Crippen molar-refractivity contribution >= 4 is 24.8 Å². The summed E-state index contributed by atoms with van der Waals surface area (Å²) in [5.41, 5.74) is 5.87. The molecule has 0 aliphatic rings. The highest BCUT2D eigenvalue weighted by Crippen LogP contribution is 2.20. The van der Waals surface area contributed by atoms with Crippen molar-refractivity contribution in [1.29, 1.82) is 0 Å². The van der Waals surface area contributed by atoms with Crippen molar-refractivity contribution in [1.82, 2.24) is 4.98 Å². The lowest BCUT2D eigenvalue weighted by Gasteiger charge is -2.07. The Balaban J connectivity index is 0. The van der Waals surface area contributed by atoms with Crippen LogP contribution in [0.2, 0.25) is 0 Å². The van der Waals surface area contributed by atoms with Crippen molar-refractivity contribution in [3.05, 3.63) is 23.9 Å². The van der Waals surface area contributed by atoms with E-state index in [1.165, 1.54) is 12.3 Å². The molecule has 0 bridgehead atoms. The summed E-state index contributed by atoms with van der Waals surface area (Å²) in [7, 11) is 0. The Morgan fingerprint density at radius 2 is 1.87 bits per heavy atom. The van der Waals surface area contributed by atoms with Gasteiger partial charge in [0.05, 0.1) is 0 Å². The third-order valence-corrected chi connectivity index (χ3v) is 1.25. The van der Waals surface area contributed by atoms with Crippen LogP contribution in [0.5, 0.6) is 5.88 Å². The van der Waals surface area contributed by atoms with Crippen molar-refractivity contribution in [2.45, 2.75) is 12.9 Å². The number of rotatable bonds is 2. The van der Waals surface area contributed by atoms with Gasteiger partial charge in [-0.05, 0) is 5.56 Å². The summed E-state index contributed by atoms with van der Waals surface area (Å²) >= 11 is 0. The number of aromatic nitrogens is 1. The summed E-state index contributed by atoms with van der Waals surface area (Å²) in [6.07, 6.45) is -3.46. The van der Waals surface area contributed by atoms with E-state index < -0.39 is 12.2 Å². The molecule has 3 nitrogen and oxygen atoms in total. The monoisotopic (exact) mass is 264 g/mol. The van der Waals surface area contributed by atoms with E-state index in [1.54, 1.807) is 0 Å². The van der Waals surface area contributed by atoms with Gasteiger partial charge in [0, 0.05) is 18.8 Å². The number of pyridine rings is 1. The smallest absolute Gasteiger partial charge is 0.388 e. The van der Waals surface area contributed by atoms with Crippen LogP contribution < -0.4 is 10.5 Å². The Hall–Kier alpha value is -0.720. The van der Waals surface area contributed by atoms with Gasteiger partial charge in [0.15, 0.2) is 0 Å². The second kappa shape index (κ2) is 6.71. The van der Waals surface area contributed by atoms with Crippen LogP contribution in [-0.4, -0.2) is 11.3 Å². The molecule has 0 saturated carbocycles. The molecule has 1 rings (SSSR count). The molecule has 88 valence electrons. The predicted octanol–water partition coefficient (Wildman–Crippen LogP) is 2.28. The predicted molar refractivity (Wildman–Crippen MR) is 53.3 cm³/mol. The number of hydrogen-bond donors (Lipinski definition) is 1. The largest absolute Gasteiger partial charge is 0.574 e. The highest BCUT2D eigenvalue weighted by Gasteiger charge is 2.31. The molecule has 1 heterocycles. The van der Waals surface area contributed by atoms with Gasteiger partial charge in [-0.2, -0.15) is 0 Å². The number of hydrogen-bond acceptors (Lipinski definition) is 3. The molecule has 0 fully saturated rings. The van der Waals surface area contributed by atoms with E-state index in [0.29, 0.717) is 5.56 Å². The Morgan fingerprint density at radius 3 is 2.20 bits per heavy atom. The zero-order valence-corrected chi connectivity index (χ0v) is 8.96. The number of halogens is 5. The van der Waals surface area contributed by atoms with Crippen LogP contribution in [0.25, 0.3) is 0 Å². The fourth-order valence-corrected chi connectivity index (χ4v) is 0.711. The molecule has 0 atom stereocenters. The van der Waals surface area contributed by atoms with Gasteiger partial charge in [-0.15, -0.1) is 38.0 Å². The van der Waals surface area contributed by atoms with Crippen molar-refractivity contribution in [3.8, 4) is 5.88 Å². The minimum Gasteiger partial charge on any atom is -0.388 e. The fourth-order valence-electron chi connectivity index (χ4n) is 0.711. The van der Waals surface area contributed by atoms with Crippen LogP contribution in [0.1, 0.15) is 5.56 Å². The van der Waals surface area contributed by atoms with Crippen molar-refractivity contribution in [2.24, 2.45) is 5.73 Å². The molecule has 0 amide bonds. The third-order valence-electron chi connectivity index (χ3n) is 1.25. The topological polar surface area (TPSA) is 48.1 Å². The third kappa shape index (κ3) is 6.38. The highest BCUT2D eigenvalue weighted by atomic mass is 35.5. The van der Waals surface area contributed by atoms with Gasteiger partial charge in [-0.25, -0.2) is 4.98 Å². The summed E-state index contributed by atoms with van der Waals surface area (Å²) in [4.78, 5) is 3.41. The van der Waals surface area contributed by atoms with Crippen molar-refractivity contribution in [3.63, 3.8) is 0 Å². The molecule has 0 unspecified atom stereocenters. The van der Waals surface area contributed by atoms with E-state index in [9.17, 15) is 13.2 Å². The molecular weight excluding hydrogens is 256 g/mol. The van der Waals surface area contributed by atoms with E-state index in [4.69, 9.17) is 5.73 Å². The molecule has 1 aromatic heterocycles. The van der Waals surface area contributed by atoms with Gasteiger partial charge in [0.1, 0.15) is 0 Å². The van der Waals surface area contributed by atoms with Gasteiger partial charge in [0.25, 0.3) is 0 Å². The zero-order valence-electron chi connectivity index (χ0n) is 7.32. The number of ether oxygens (including phenoxy) is 1. The summed E-state index contributed by atoms with van der Waals surface area (Å²) in [6, 6.07) is 2.55. The lowest BCUT2D eigenvalue weighted by molar-refractivity contribution is -0.276. The molecule has 0 aromatic carbocycles. The lowest BCUT2D eigenvalue weighted by Crippen LogP contribution is -2.17. The molecule has 0 aliphatic heterocycles. The SMILES string of the molecule is Cl.Cl.NCc1ccc(OC(F)(F)F)nc1. The first-order chi connectivity index (χ1) is 6.01. The Labute approximate surface area is 96.6 Å². The minimum absolute atomic E-state index is 0. The quantitative estimate of drug-likeness (QED) is 0.892. The number of nitrogens with zero attached hydrogens (tertiary/aromatic N) is 1. The molecule has 1 aromatic rings. The van der Waals surface area contributed by atoms with E-state index in [1.807, 2.05) is 0 Å². The number of nitrogens with two attached hydrogens (primary N) is 1. The van der Waals surface area contributed by atoms with Crippen LogP contribution in [0.15, 0.2) is 18.3 Å². The van der Waals surface area contributed by atoms with Gasteiger partial charge < -0.3 is 10.5 Å². The van der Waals surface area contributed by atoms with Crippen molar-refractivity contribution < 1.29 is 17.9 Å². The zero-order chi connectivity index (χ0) is 9.90. The molecular formula is C7H9Cl2F3N2O. The van der Waals surface area contributed by atoms with Crippen molar-refractivity contribution in [2.75, 3.05) is 0 Å². The van der Waals surface area contributed by atoms with Gasteiger partial charge in [-0.1, -0.05) is 6.07 Å². The van der Waals surface area contributed by atoms with E-state index >= 15 is 0 Å². The molecule has 0 radical (unpaired) electrons. The Morgan fingerprint density at radius 1 is 1.27 bits per heavy atom. The summed E-state index contributed by atoms with van der Waals surface area (Å²) in [5, 5.41) is 0. The molecule has 0 aliphatic carbocycles. The Kier molecular flexibility index (Phi) is 7.47. The summed E-state index contributed by atoms with van der Waals surface area (Å²) in [6.45, 7) is 0.235. The molecule has 15 heavy (non-hydrogen) atoms. The second-order valence-electron chi connectivity index (χ2n) is 2.26. The molecule has 2 N–H and O–H groups in total. The first-order valence-corrected chi connectivity index (χ1v) is 3.42. The van der Waals surface area contributed by atoms with Gasteiger partial charge in [0.2, 0.25) is 5.88 Å². The number of alkyl halides is 3. The second-order valence-corrected chi connectivity index (χ2v) is 2.26. The lowest BCUT2D eigenvalue weighted by atomic mass is 10.3. The van der Waals surface area contributed by atoms with Crippen LogP contribution in [-0.2, 0) is 6.54 Å². The summed E-state index contributed by atoms with van der Waals surface area (Å²) in [5.74, 6) is -0.482.